The van der Waals surface area contributed by atoms with Gasteiger partial charge in [-0.1, -0.05) is 12.1 Å². The number of aromatic nitrogens is 2. The predicted molar refractivity (Wildman–Crippen MR) is 73.3 cm³/mol. The number of nitrogens with zero attached hydrogens (tertiary/aromatic N) is 3. The van der Waals surface area contributed by atoms with Crippen LogP contribution >= 0.6 is 15.9 Å². The van der Waals surface area contributed by atoms with Gasteiger partial charge in [0.1, 0.15) is 12.4 Å². The number of carbonyl (C=O) groups is 2. The van der Waals surface area contributed by atoms with Crippen molar-refractivity contribution in [1.82, 2.24) is 10.1 Å². The van der Waals surface area contributed by atoms with Crippen molar-refractivity contribution in [2.24, 2.45) is 0 Å². The molecule has 0 bridgehead atoms. The van der Waals surface area contributed by atoms with E-state index >= 15 is 0 Å². The number of fused-ring (bicyclic) bond motifs is 1. The Kier molecular flexibility index (Phi) is 3.32. The van der Waals surface area contributed by atoms with Crippen LogP contribution in [0.3, 0.4) is 0 Å². The van der Waals surface area contributed by atoms with Gasteiger partial charge in [0.15, 0.2) is 5.82 Å². The minimum absolute atomic E-state index is 0.0638. The van der Waals surface area contributed by atoms with Crippen molar-refractivity contribution in [3.63, 3.8) is 0 Å². The minimum atomic E-state index is -0.737. The lowest BCUT2D eigenvalue weighted by Crippen LogP contribution is -2.29. The Labute approximate surface area is 127 Å². The van der Waals surface area contributed by atoms with Gasteiger partial charge < -0.3 is 4.52 Å². The number of anilines is 1. The topological polar surface area (TPSA) is 76.3 Å². The van der Waals surface area contributed by atoms with Crippen molar-refractivity contribution >= 4 is 33.3 Å². The largest absolute Gasteiger partial charge is 0.337 e. The number of ketones is 1. The van der Waals surface area contributed by atoms with Gasteiger partial charge >= 0.3 is 0 Å². The third kappa shape index (κ3) is 2.25. The lowest BCUT2D eigenvalue weighted by atomic mass is 10.1. The normalized spacial score (nSPS) is 14.0. The number of amides is 1. The second kappa shape index (κ2) is 5.03. The Balaban J connectivity index is 1.99. The van der Waals surface area contributed by atoms with Crippen molar-refractivity contribution < 1.29 is 18.5 Å². The fourth-order valence-electron chi connectivity index (χ4n) is 2.08. The quantitative estimate of drug-likeness (QED) is 0.791. The number of Topliss-reactive ketones (excluding diaryl/α,β-unsaturated/α-hetero) is 1. The van der Waals surface area contributed by atoms with Crippen LogP contribution in [0.2, 0.25) is 0 Å². The van der Waals surface area contributed by atoms with Gasteiger partial charge in [-0.3, -0.25) is 14.5 Å². The molecule has 3 rings (SSSR count). The second-order valence-corrected chi connectivity index (χ2v) is 5.32. The first-order chi connectivity index (χ1) is 10.0. The van der Waals surface area contributed by atoms with E-state index in [1.54, 1.807) is 0 Å². The minimum Gasteiger partial charge on any atom is -0.337 e. The third-order valence-corrected chi connectivity index (χ3v) is 3.74. The monoisotopic (exact) mass is 353 g/mol. The molecule has 2 aromatic rings. The van der Waals surface area contributed by atoms with E-state index in [0.29, 0.717) is 12.2 Å². The van der Waals surface area contributed by atoms with Crippen LogP contribution < -0.4 is 4.90 Å². The molecule has 21 heavy (non-hydrogen) atoms. The number of hydrogen-bond acceptors (Lipinski definition) is 5. The molecule has 1 aromatic carbocycles. The van der Waals surface area contributed by atoms with E-state index in [4.69, 9.17) is 4.52 Å². The lowest BCUT2D eigenvalue weighted by molar-refractivity contribution is -0.114. The van der Waals surface area contributed by atoms with Gasteiger partial charge in [0.25, 0.3) is 11.7 Å². The van der Waals surface area contributed by atoms with Crippen molar-refractivity contribution in [2.75, 3.05) is 4.90 Å². The van der Waals surface area contributed by atoms with Crippen molar-refractivity contribution in [3.8, 4) is 0 Å². The SMILES string of the molecule is CCc1noc(CN2C(=O)C(=O)c3cc(Br)c(F)cc32)n1. The van der Waals surface area contributed by atoms with Gasteiger partial charge in [0, 0.05) is 6.42 Å². The zero-order valence-corrected chi connectivity index (χ0v) is 12.5. The molecule has 6 nitrogen and oxygen atoms in total. The van der Waals surface area contributed by atoms with Gasteiger partial charge in [-0.15, -0.1) is 0 Å². The van der Waals surface area contributed by atoms with Crippen LogP contribution in [-0.4, -0.2) is 21.8 Å². The first-order valence-electron chi connectivity index (χ1n) is 6.18. The van der Waals surface area contributed by atoms with Crippen LogP contribution in [0.4, 0.5) is 10.1 Å². The maximum Gasteiger partial charge on any atom is 0.299 e. The predicted octanol–water partition coefficient (Wildman–Crippen LogP) is 2.26. The fourth-order valence-corrected chi connectivity index (χ4v) is 2.42. The molecule has 0 spiro atoms. The van der Waals surface area contributed by atoms with Gasteiger partial charge in [-0.25, -0.2) is 4.39 Å². The van der Waals surface area contributed by atoms with E-state index in [0.717, 1.165) is 11.0 Å². The summed E-state index contributed by atoms with van der Waals surface area (Å²) in [6.07, 6.45) is 0.592. The average molecular weight is 354 g/mol. The van der Waals surface area contributed by atoms with Gasteiger partial charge in [-0.2, -0.15) is 4.98 Å². The maximum atomic E-state index is 13.7. The molecule has 1 aliphatic rings. The third-order valence-electron chi connectivity index (χ3n) is 3.13. The molecule has 0 fully saturated rings. The summed E-state index contributed by atoms with van der Waals surface area (Å²) < 4.78 is 18.8. The Morgan fingerprint density at radius 3 is 2.81 bits per heavy atom. The zero-order valence-electron chi connectivity index (χ0n) is 10.9. The van der Waals surface area contributed by atoms with Crippen LogP contribution in [0.1, 0.15) is 29.0 Å². The van der Waals surface area contributed by atoms with E-state index in [1.807, 2.05) is 6.92 Å². The Morgan fingerprint density at radius 1 is 1.38 bits per heavy atom. The molecule has 0 radical (unpaired) electrons. The molecule has 0 saturated heterocycles. The molecule has 8 heteroatoms. The van der Waals surface area contributed by atoms with Crippen molar-refractivity contribution in [3.05, 3.63) is 39.7 Å². The number of hydrogen-bond donors (Lipinski definition) is 0. The molecule has 0 atom stereocenters. The van der Waals surface area contributed by atoms with E-state index in [2.05, 4.69) is 26.1 Å². The van der Waals surface area contributed by atoms with E-state index in [9.17, 15) is 14.0 Å². The average Bonchev–Trinajstić information content (AvgIpc) is 3.01. The Hall–Kier alpha value is -2.09. The van der Waals surface area contributed by atoms with E-state index in [1.165, 1.54) is 6.07 Å². The van der Waals surface area contributed by atoms with E-state index in [-0.39, 0.29) is 28.2 Å². The van der Waals surface area contributed by atoms with Crippen LogP contribution in [0.25, 0.3) is 0 Å². The summed E-state index contributed by atoms with van der Waals surface area (Å²) in [7, 11) is 0. The molecule has 0 saturated carbocycles. The summed E-state index contributed by atoms with van der Waals surface area (Å²) in [6, 6.07) is 2.44. The number of carbonyl (C=O) groups excluding carboxylic acids is 2. The Morgan fingerprint density at radius 2 is 2.14 bits per heavy atom. The molecule has 1 amide bonds. The molecule has 108 valence electrons. The van der Waals surface area contributed by atoms with Crippen molar-refractivity contribution in [2.45, 2.75) is 19.9 Å². The molecule has 1 aromatic heterocycles. The zero-order chi connectivity index (χ0) is 15.1. The molecule has 0 aliphatic carbocycles. The van der Waals surface area contributed by atoms with Crippen LogP contribution in [0.15, 0.2) is 21.1 Å². The van der Waals surface area contributed by atoms with Gasteiger partial charge in [0.2, 0.25) is 5.89 Å². The maximum absolute atomic E-state index is 13.7. The highest BCUT2D eigenvalue weighted by molar-refractivity contribution is 9.10. The first kappa shape index (κ1) is 13.9. The fraction of sp³-hybridized carbons (Fsp3) is 0.231. The second-order valence-electron chi connectivity index (χ2n) is 4.46. The van der Waals surface area contributed by atoms with Crippen LogP contribution in [-0.2, 0) is 17.8 Å². The summed E-state index contributed by atoms with van der Waals surface area (Å²) in [6.45, 7) is 1.80. The summed E-state index contributed by atoms with van der Waals surface area (Å²) in [5.41, 5.74) is 0.366. The summed E-state index contributed by atoms with van der Waals surface area (Å²) in [4.78, 5) is 29.2. The molecule has 0 N–H and O–H groups in total. The highest BCUT2D eigenvalue weighted by Crippen LogP contribution is 2.34. The molecular formula is C13H9BrFN3O3. The first-order valence-corrected chi connectivity index (χ1v) is 6.97. The van der Waals surface area contributed by atoms with Crippen LogP contribution in [0, 0.1) is 5.82 Å². The number of halogens is 2. The summed E-state index contributed by atoms with van der Waals surface area (Å²) >= 11 is 3.00. The van der Waals surface area contributed by atoms with Crippen molar-refractivity contribution in [1.29, 1.82) is 0 Å². The highest BCUT2D eigenvalue weighted by Gasteiger charge is 2.37. The number of aryl methyl sites for hydroxylation is 1. The summed E-state index contributed by atoms with van der Waals surface area (Å²) in [5.74, 6) is -1.27. The number of benzene rings is 1. The smallest absolute Gasteiger partial charge is 0.299 e. The standard InChI is InChI=1S/C13H9BrFN3O3/c1-2-10-16-11(21-17-10)5-18-9-4-8(15)7(14)3-6(9)12(19)13(18)20/h3-4H,2,5H2,1H3. The molecular weight excluding hydrogens is 345 g/mol. The number of rotatable bonds is 3. The van der Waals surface area contributed by atoms with Gasteiger partial charge in [-0.05, 0) is 28.1 Å². The van der Waals surface area contributed by atoms with Gasteiger partial charge in [0.05, 0.1) is 15.7 Å². The lowest BCUT2D eigenvalue weighted by Gasteiger charge is -2.13. The van der Waals surface area contributed by atoms with E-state index < -0.39 is 17.5 Å². The molecule has 0 unspecified atom stereocenters. The van der Waals surface area contributed by atoms with Crippen LogP contribution in [0.5, 0.6) is 0 Å². The molecule has 1 aliphatic heterocycles. The summed E-state index contributed by atoms with van der Waals surface area (Å²) in [5, 5.41) is 3.72. The Bertz CT molecular complexity index is 759. The highest BCUT2D eigenvalue weighted by atomic mass is 79.9. The molecule has 2 heterocycles.